The van der Waals surface area contributed by atoms with Crippen LogP contribution in [0.5, 0.6) is 11.5 Å². The van der Waals surface area contributed by atoms with Crippen molar-refractivity contribution in [3.8, 4) is 11.5 Å². The highest BCUT2D eigenvalue weighted by molar-refractivity contribution is 7.09. The highest BCUT2D eigenvalue weighted by Gasteiger charge is 2.17. The highest BCUT2D eigenvalue weighted by atomic mass is 32.1. The second kappa shape index (κ2) is 6.29. The third-order valence-electron chi connectivity index (χ3n) is 3.40. The zero-order valence-electron chi connectivity index (χ0n) is 11.6. The summed E-state index contributed by atoms with van der Waals surface area (Å²) in [5.41, 5.74) is 1.25. The van der Waals surface area contributed by atoms with Gasteiger partial charge in [-0.2, -0.15) is 0 Å². The quantitative estimate of drug-likeness (QED) is 0.915. The molecule has 1 unspecified atom stereocenters. The maximum absolute atomic E-state index is 5.68. The van der Waals surface area contributed by atoms with Crippen LogP contribution in [0.3, 0.4) is 0 Å². The predicted molar refractivity (Wildman–Crippen MR) is 81.9 cm³/mol. The van der Waals surface area contributed by atoms with Gasteiger partial charge in [0.15, 0.2) is 11.5 Å². The van der Waals surface area contributed by atoms with E-state index in [2.05, 4.69) is 41.9 Å². The van der Waals surface area contributed by atoms with E-state index in [1.165, 1.54) is 10.4 Å². The Balaban J connectivity index is 1.83. The summed E-state index contributed by atoms with van der Waals surface area (Å²) >= 11 is 1.80. The van der Waals surface area contributed by atoms with Gasteiger partial charge in [-0.25, -0.2) is 0 Å². The third kappa shape index (κ3) is 2.97. The van der Waals surface area contributed by atoms with E-state index in [-0.39, 0.29) is 0 Å². The van der Waals surface area contributed by atoms with E-state index >= 15 is 0 Å². The summed E-state index contributed by atoms with van der Waals surface area (Å²) in [4.78, 5) is 1.39. The van der Waals surface area contributed by atoms with Crippen molar-refractivity contribution in [3.05, 3.63) is 46.2 Å². The molecule has 1 aromatic carbocycles. The fraction of sp³-hybridized carbons (Fsp3) is 0.375. The Bertz CT molecular complexity index is 554. The number of ether oxygens (including phenoxy) is 2. The second-order valence-corrected chi connectivity index (χ2v) is 5.83. The Kier molecular flexibility index (Phi) is 4.23. The van der Waals surface area contributed by atoms with Crippen LogP contribution in [0.4, 0.5) is 0 Å². The summed E-state index contributed by atoms with van der Waals surface area (Å²) in [7, 11) is 0. The van der Waals surface area contributed by atoms with E-state index in [4.69, 9.17) is 9.47 Å². The lowest BCUT2D eigenvalue weighted by Crippen LogP contribution is -2.23. The summed E-state index contributed by atoms with van der Waals surface area (Å²) in [6, 6.07) is 10.9. The largest absolute Gasteiger partial charge is 0.486 e. The minimum Gasteiger partial charge on any atom is -0.486 e. The topological polar surface area (TPSA) is 30.5 Å². The number of thiophene rings is 1. The molecule has 0 saturated heterocycles. The molecule has 2 aromatic rings. The van der Waals surface area contributed by atoms with Crippen molar-refractivity contribution in [1.82, 2.24) is 5.32 Å². The van der Waals surface area contributed by atoms with Gasteiger partial charge in [0.2, 0.25) is 0 Å². The van der Waals surface area contributed by atoms with Crippen LogP contribution >= 0.6 is 11.3 Å². The standard InChI is InChI=1S/C16H19NO2S/c1-2-17-14(11-13-4-3-9-20-13)12-5-6-15-16(10-12)19-8-7-18-15/h3-6,9-10,14,17H,2,7-8,11H2,1H3. The molecule has 0 radical (unpaired) electrons. The van der Waals surface area contributed by atoms with Gasteiger partial charge in [-0.1, -0.05) is 19.1 Å². The zero-order chi connectivity index (χ0) is 13.8. The first-order valence-corrected chi connectivity index (χ1v) is 7.90. The fourth-order valence-corrected chi connectivity index (χ4v) is 3.21. The molecule has 4 heteroatoms. The number of hydrogen-bond donors (Lipinski definition) is 1. The molecular formula is C16H19NO2S. The number of nitrogens with one attached hydrogen (secondary N) is 1. The predicted octanol–water partition coefficient (Wildman–Crippen LogP) is 3.41. The molecule has 3 nitrogen and oxygen atoms in total. The molecule has 1 aliphatic rings. The third-order valence-corrected chi connectivity index (χ3v) is 4.30. The number of rotatable bonds is 5. The second-order valence-electron chi connectivity index (χ2n) is 4.80. The van der Waals surface area contributed by atoms with E-state index in [1.54, 1.807) is 11.3 Å². The van der Waals surface area contributed by atoms with Crippen LogP contribution < -0.4 is 14.8 Å². The molecule has 0 bridgehead atoms. The maximum atomic E-state index is 5.68. The molecule has 20 heavy (non-hydrogen) atoms. The van der Waals surface area contributed by atoms with Gasteiger partial charge in [-0.15, -0.1) is 11.3 Å². The Morgan fingerprint density at radius 3 is 2.80 bits per heavy atom. The van der Waals surface area contributed by atoms with E-state index < -0.39 is 0 Å². The molecule has 0 spiro atoms. The van der Waals surface area contributed by atoms with Crippen molar-refractivity contribution in [2.45, 2.75) is 19.4 Å². The van der Waals surface area contributed by atoms with Gasteiger partial charge in [-0.05, 0) is 35.7 Å². The molecule has 3 rings (SSSR count). The van der Waals surface area contributed by atoms with Crippen molar-refractivity contribution >= 4 is 11.3 Å². The number of likely N-dealkylation sites (N-methyl/N-ethyl adjacent to an activating group) is 1. The summed E-state index contributed by atoms with van der Waals surface area (Å²) in [6.45, 7) is 4.36. The van der Waals surface area contributed by atoms with Gasteiger partial charge < -0.3 is 14.8 Å². The van der Waals surface area contributed by atoms with Crippen LogP contribution in [0.2, 0.25) is 0 Å². The zero-order valence-corrected chi connectivity index (χ0v) is 12.4. The molecule has 1 atom stereocenters. The van der Waals surface area contributed by atoms with Crippen molar-refractivity contribution in [2.24, 2.45) is 0 Å². The van der Waals surface area contributed by atoms with Gasteiger partial charge in [0.1, 0.15) is 13.2 Å². The Morgan fingerprint density at radius 1 is 1.20 bits per heavy atom. The van der Waals surface area contributed by atoms with Crippen LogP contribution in [0, 0.1) is 0 Å². The first-order valence-electron chi connectivity index (χ1n) is 7.02. The monoisotopic (exact) mass is 289 g/mol. The van der Waals surface area contributed by atoms with Crippen molar-refractivity contribution < 1.29 is 9.47 Å². The number of benzene rings is 1. The normalized spacial score (nSPS) is 15.1. The highest BCUT2D eigenvalue weighted by Crippen LogP contribution is 2.33. The van der Waals surface area contributed by atoms with E-state index in [9.17, 15) is 0 Å². The Hall–Kier alpha value is -1.52. The summed E-state index contributed by atoms with van der Waals surface area (Å²) in [5.74, 6) is 1.72. The molecule has 1 aliphatic heterocycles. The lowest BCUT2D eigenvalue weighted by molar-refractivity contribution is 0.171. The van der Waals surface area contributed by atoms with E-state index in [0.717, 1.165) is 24.5 Å². The molecule has 106 valence electrons. The Labute approximate surface area is 123 Å². The van der Waals surface area contributed by atoms with E-state index in [1.807, 2.05) is 6.07 Å². The number of fused-ring (bicyclic) bond motifs is 1. The average molecular weight is 289 g/mol. The van der Waals surface area contributed by atoms with Crippen molar-refractivity contribution in [3.63, 3.8) is 0 Å². The van der Waals surface area contributed by atoms with Crippen LogP contribution in [0.1, 0.15) is 23.4 Å². The Morgan fingerprint density at radius 2 is 2.05 bits per heavy atom. The minimum absolute atomic E-state index is 0.314. The molecular weight excluding hydrogens is 270 g/mol. The van der Waals surface area contributed by atoms with Gasteiger partial charge in [0, 0.05) is 17.3 Å². The summed E-state index contributed by atoms with van der Waals surface area (Å²) in [6.07, 6.45) is 1.01. The van der Waals surface area contributed by atoms with E-state index in [0.29, 0.717) is 19.3 Å². The molecule has 1 aromatic heterocycles. The van der Waals surface area contributed by atoms with Gasteiger partial charge >= 0.3 is 0 Å². The molecule has 2 heterocycles. The summed E-state index contributed by atoms with van der Waals surface area (Å²) in [5, 5.41) is 5.68. The van der Waals surface area contributed by atoms with Crippen molar-refractivity contribution in [1.29, 1.82) is 0 Å². The molecule has 0 saturated carbocycles. The van der Waals surface area contributed by atoms with Crippen LogP contribution in [-0.4, -0.2) is 19.8 Å². The molecule has 0 fully saturated rings. The first kappa shape index (κ1) is 13.5. The number of hydrogen-bond acceptors (Lipinski definition) is 4. The van der Waals surface area contributed by atoms with Crippen LogP contribution in [0.25, 0.3) is 0 Å². The molecule has 0 aliphatic carbocycles. The molecule has 0 amide bonds. The SMILES string of the molecule is CCNC(Cc1cccs1)c1ccc2c(c1)OCCO2. The minimum atomic E-state index is 0.314. The van der Waals surface area contributed by atoms with Gasteiger partial charge in [-0.3, -0.25) is 0 Å². The smallest absolute Gasteiger partial charge is 0.161 e. The lowest BCUT2D eigenvalue weighted by Gasteiger charge is -2.22. The van der Waals surface area contributed by atoms with Gasteiger partial charge in [0.05, 0.1) is 0 Å². The summed E-state index contributed by atoms with van der Waals surface area (Å²) < 4.78 is 11.3. The first-order chi connectivity index (χ1) is 9.86. The van der Waals surface area contributed by atoms with Crippen molar-refractivity contribution in [2.75, 3.05) is 19.8 Å². The van der Waals surface area contributed by atoms with Crippen LogP contribution in [-0.2, 0) is 6.42 Å². The van der Waals surface area contributed by atoms with Crippen LogP contribution in [0.15, 0.2) is 35.7 Å². The van der Waals surface area contributed by atoms with Gasteiger partial charge in [0.25, 0.3) is 0 Å². The fourth-order valence-electron chi connectivity index (χ4n) is 2.46. The average Bonchev–Trinajstić information content (AvgIpc) is 2.99. The maximum Gasteiger partial charge on any atom is 0.161 e. The lowest BCUT2D eigenvalue weighted by atomic mass is 10.0. The molecule has 1 N–H and O–H groups in total.